The Balaban J connectivity index is 1.79. The average molecular weight is 361 g/mol. The minimum absolute atomic E-state index is 0.0858. The van der Waals surface area contributed by atoms with Gasteiger partial charge < -0.3 is 16.4 Å². The van der Waals surface area contributed by atoms with Crippen LogP contribution in [0.15, 0.2) is 48.7 Å². The molecule has 136 valence electrons. The summed E-state index contributed by atoms with van der Waals surface area (Å²) in [5.74, 6) is -0.832. The summed E-state index contributed by atoms with van der Waals surface area (Å²) in [5, 5.41) is 5.32. The van der Waals surface area contributed by atoms with Crippen LogP contribution in [-0.4, -0.2) is 33.0 Å². The fourth-order valence-corrected chi connectivity index (χ4v) is 3.52. The van der Waals surface area contributed by atoms with Gasteiger partial charge in [-0.25, -0.2) is 0 Å². The number of primary amides is 1. The summed E-state index contributed by atoms with van der Waals surface area (Å²) in [6, 6.07) is 9.72. The molecule has 0 radical (unpaired) electrons. The molecule has 0 unspecified atom stereocenters. The normalized spacial score (nSPS) is 13.2. The van der Waals surface area contributed by atoms with Crippen LogP contribution in [0.5, 0.6) is 0 Å². The lowest BCUT2D eigenvalue weighted by molar-refractivity contribution is -0.114. The SMILES string of the molecule is C=C(CN1Cc2c(-c3ccc4cnn(C)c4c3)ccc(N)c2C1=O)C(N)=O. The number of aryl methyl sites for hydroxylation is 1. The summed E-state index contributed by atoms with van der Waals surface area (Å²) < 4.78 is 1.81. The summed E-state index contributed by atoms with van der Waals surface area (Å²) in [6.07, 6.45) is 1.81. The first-order valence-corrected chi connectivity index (χ1v) is 8.47. The van der Waals surface area contributed by atoms with Crippen LogP contribution in [0.3, 0.4) is 0 Å². The zero-order valence-electron chi connectivity index (χ0n) is 14.9. The van der Waals surface area contributed by atoms with Gasteiger partial charge in [-0.2, -0.15) is 5.10 Å². The molecule has 7 heteroatoms. The molecular formula is C20H19N5O2. The molecule has 3 aromatic rings. The molecule has 0 bridgehead atoms. The molecule has 2 heterocycles. The van der Waals surface area contributed by atoms with Crippen LogP contribution in [0.1, 0.15) is 15.9 Å². The van der Waals surface area contributed by atoms with Gasteiger partial charge in [-0.1, -0.05) is 24.8 Å². The Morgan fingerprint density at radius 1 is 1.30 bits per heavy atom. The topological polar surface area (TPSA) is 107 Å². The van der Waals surface area contributed by atoms with E-state index in [1.165, 1.54) is 0 Å². The van der Waals surface area contributed by atoms with Crippen LogP contribution in [0.4, 0.5) is 5.69 Å². The number of amides is 2. The average Bonchev–Trinajstić information content (AvgIpc) is 3.16. The number of carbonyl (C=O) groups is 2. The van der Waals surface area contributed by atoms with E-state index < -0.39 is 5.91 Å². The summed E-state index contributed by atoms with van der Waals surface area (Å²) in [6.45, 7) is 4.08. The molecule has 0 fully saturated rings. The second-order valence-electron chi connectivity index (χ2n) is 6.73. The van der Waals surface area contributed by atoms with Crippen LogP contribution >= 0.6 is 0 Å². The van der Waals surface area contributed by atoms with E-state index in [0.29, 0.717) is 17.8 Å². The van der Waals surface area contributed by atoms with Gasteiger partial charge in [-0.05, 0) is 28.8 Å². The van der Waals surface area contributed by atoms with Crippen molar-refractivity contribution < 1.29 is 9.59 Å². The van der Waals surface area contributed by atoms with Gasteiger partial charge in [0, 0.05) is 30.2 Å². The van der Waals surface area contributed by atoms with Crippen LogP contribution in [0.2, 0.25) is 0 Å². The number of nitrogens with two attached hydrogens (primary N) is 2. The number of carbonyl (C=O) groups excluding carboxylic acids is 2. The van der Waals surface area contributed by atoms with E-state index in [1.54, 1.807) is 11.0 Å². The lowest BCUT2D eigenvalue weighted by atomic mass is 9.95. The second kappa shape index (κ2) is 5.98. The van der Waals surface area contributed by atoms with Gasteiger partial charge in [-0.3, -0.25) is 14.3 Å². The first kappa shape index (κ1) is 16.8. The maximum atomic E-state index is 12.8. The van der Waals surface area contributed by atoms with Crippen molar-refractivity contribution in [1.82, 2.24) is 14.7 Å². The van der Waals surface area contributed by atoms with Gasteiger partial charge in [0.25, 0.3) is 5.91 Å². The number of aromatic nitrogens is 2. The highest BCUT2D eigenvalue weighted by molar-refractivity contribution is 6.06. The lowest BCUT2D eigenvalue weighted by Gasteiger charge is -2.15. The molecule has 27 heavy (non-hydrogen) atoms. The molecular weight excluding hydrogens is 342 g/mol. The minimum atomic E-state index is -0.617. The molecule has 0 saturated carbocycles. The highest BCUT2D eigenvalue weighted by atomic mass is 16.2. The Morgan fingerprint density at radius 2 is 2.07 bits per heavy atom. The van der Waals surface area contributed by atoms with Gasteiger partial charge in [-0.15, -0.1) is 0 Å². The van der Waals surface area contributed by atoms with Crippen molar-refractivity contribution >= 4 is 28.4 Å². The molecule has 1 aromatic heterocycles. The van der Waals surface area contributed by atoms with Crippen LogP contribution in [0, 0.1) is 0 Å². The largest absolute Gasteiger partial charge is 0.398 e. The fraction of sp³-hybridized carbons (Fsp3) is 0.150. The lowest BCUT2D eigenvalue weighted by Crippen LogP contribution is -2.30. The number of nitrogen functional groups attached to an aromatic ring is 1. The maximum Gasteiger partial charge on any atom is 0.256 e. The van der Waals surface area contributed by atoms with Gasteiger partial charge in [0.05, 0.1) is 23.8 Å². The quantitative estimate of drug-likeness (QED) is 0.546. The Hall–Kier alpha value is -3.61. The van der Waals surface area contributed by atoms with E-state index >= 15 is 0 Å². The highest BCUT2D eigenvalue weighted by Gasteiger charge is 2.32. The predicted octanol–water partition coefficient (Wildman–Crippen LogP) is 1.82. The van der Waals surface area contributed by atoms with Crippen molar-refractivity contribution in [2.24, 2.45) is 12.8 Å². The molecule has 0 spiro atoms. The number of benzene rings is 2. The van der Waals surface area contributed by atoms with E-state index in [9.17, 15) is 9.59 Å². The molecule has 4 N–H and O–H groups in total. The smallest absolute Gasteiger partial charge is 0.256 e. The first-order valence-electron chi connectivity index (χ1n) is 8.47. The summed E-state index contributed by atoms with van der Waals surface area (Å²) in [7, 11) is 1.89. The van der Waals surface area contributed by atoms with E-state index in [4.69, 9.17) is 11.5 Å². The highest BCUT2D eigenvalue weighted by Crippen LogP contribution is 2.37. The number of hydrogen-bond acceptors (Lipinski definition) is 4. The van der Waals surface area contributed by atoms with Crippen LogP contribution in [0.25, 0.3) is 22.0 Å². The van der Waals surface area contributed by atoms with Crippen LogP contribution in [-0.2, 0) is 18.4 Å². The van der Waals surface area contributed by atoms with Crippen molar-refractivity contribution in [3.63, 3.8) is 0 Å². The van der Waals surface area contributed by atoms with Crippen LogP contribution < -0.4 is 11.5 Å². The third-order valence-corrected chi connectivity index (χ3v) is 4.99. The first-order chi connectivity index (χ1) is 12.9. The minimum Gasteiger partial charge on any atom is -0.398 e. The monoisotopic (exact) mass is 361 g/mol. The van der Waals surface area contributed by atoms with Crippen molar-refractivity contribution in [2.45, 2.75) is 6.54 Å². The van der Waals surface area contributed by atoms with E-state index in [2.05, 4.69) is 11.7 Å². The van der Waals surface area contributed by atoms with Gasteiger partial charge in [0.2, 0.25) is 5.91 Å². The van der Waals surface area contributed by atoms with Crippen molar-refractivity contribution in [2.75, 3.05) is 12.3 Å². The molecule has 0 atom stereocenters. The fourth-order valence-electron chi connectivity index (χ4n) is 3.52. The van der Waals surface area contributed by atoms with Crippen molar-refractivity contribution in [3.8, 4) is 11.1 Å². The standard InChI is InChI=1S/C20H19N5O2/c1-11(19(22)26)9-25-10-15-14(5-6-16(21)18(15)20(25)27)12-3-4-13-8-23-24(2)17(13)7-12/h3-8H,1,9-10,21H2,2H3,(H2,22,26). The van der Waals surface area contributed by atoms with Gasteiger partial charge in [0.1, 0.15) is 0 Å². The van der Waals surface area contributed by atoms with E-state index in [0.717, 1.165) is 27.6 Å². The second-order valence-corrected chi connectivity index (χ2v) is 6.73. The van der Waals surface area contributed by atoms with Gasteiger partial charge in [0.15, 0.2) is 0 Å². The predicted molar refractivity (Wildman–Crippen MR) is 104 cm³/mol. The van der Waals surface area contributed by atoms with E-state index in [1.807, 2.05) is 42.2 Å². The van der Waals surface area contributed by atoms with Gasteiger partial charge >= 0.3 is 0 Å². The zero-order valence-corrected chi connectivity index (χ0v) is 14.9. The Morgan fingerprint density at radius 3 is 2.81 bits per heavy atom. The molecule has 2 aromatic carbocycles. The number of fused-ring (bicyclic) bond motifs is 2. The summed E-state index contributed by atoms with van der Waals surface area (Å²) in [5.41, 5.74) is 16.2. The van der Waals surface area contributed by atoms with Crippen molar-refractivity contribution in [1.29, 1.82) is 0 Å². The maximum absolute atomic E-state index is 12.8. The van der Waals surface area contributed by atoms with E-state index in [-0.39, 0.29) is 18.0 Å². The third-order valence-electron chi connectivity index (χ3n) is 4.99. The molecule has 4 rings (SSSR count). The molecule has 0 saturated heterocycles. The third kappa shape index (κ3) is 2.64. The number of hydrogen-bond donors (Lipinski definition) is 2. The summed E-state index contributed by atoms with van der Waals surface area (Å²) >= 11 is 0. The Labute approximate surface area is 155 Å². The molecule has 1 aliphatic heterocycles. The number of nitrogens with zero attached hydrogens (tertiary/aromatic N) is 3. The number of anilines is 1. The molecule has 1 aliphatic rings. The Kier molecular flexibility index (Phi) is 3.73. The molecule has 0 aliphatic carbocycles. The van der Waals surface area contributed by atoms with Crippen molar-refractivity contribution in [3.05, 3.63) is 59.8 Å². The zero-order chi connectivity index (χ0) is 19.3. The molecule has 2 amide bonds. The summed E-state index contributed by atoms with van der Waals surface area (Å²) in [4.78, 5) is 25.7. The number of rotatable bonds is 4. The molecule has 7 nitrogen and oxygen atoms in total. The Bertz CT molecular complexity index is 1130.